The van der Waals surface area contributed by atoms with E-state index in [0.29, 0.717) is 18.8 Å². The second kappa shape index (κ2) is 8.49. The van der Waals surface area contributed by atoms with Crippen molar-refractivity contribution in [2.24, 2.45) is 0 Å². The fraction of sp³-hybridized carbons (Fsp3) is 0.300. The van der Waals surface area contributed by atoms with Crippen molar-refractivity contribution in [3.8, 4) is 0 Å². The number of nitrogens with one attached hydrogen (secondary N) is 1. The molecule has 0 radical (unpaired) electrons. The Balaban J connectivity index is 1.59. The van der Waals surface area contributed by atoms with Crippen LogP contribution in [0.2, 0.25) is 0 Å². The Bertz CT molecular complexity index is 825. The van der Waals surface area contributed by atoms with Gasteiger partial charge in [-0.2, -0.15) is 0 Å². The van der Waals surface area contributed by atoms with Crippen LogP contribution in [0, 0.1) is 0 Å². The molecule has 3 aromatic rings. The highest BCUT2D eigenvalue weighted by Crippen LogP contribution is 2.15. The molecule has 0 aliphatic carbocycles. The molecule has 6 heteroatoms. The number of likely N-dealkylation sites (N-methyl/N-ethyl adjacent to an activating group) is 1. The maximum atomic E-state index is 12.3. The molecule has 1 amide bonds. The lowest BCUT2D eigenvalue weighted by molar-refractivity contribution is 0.0946. The van der Waals surface area contributed by atoms with Gasteiger partial charge in [0.15, 0.2) is 0 Å². The van der Waals surface area contributed by atoms with Crippen LogP contribution in [0.4, 0.5) is 5.69 Å². The quantitative estimate of drug-likeness (QED) is 0.677. The van der Waals surface area contributed by atoms with E-state index in [9.17, 15) is 4.79 Å². The Hall–Kier alpha value is -2.86. The molecule has 1 N–H and O–H groups in total. The monoisotopic (exact) mass is 352 g/mol. The molecule has 0 saturated carbocycles. The molecule has 0 bridgehead atoms. The van der Waals surface area contributed by atoms with Crippen LogP contribution in [0.5, 0.6) is 0 Å². The second-order valence-corrected chi connectivity index (χ2v) is 6.01. The van der Waals surface area contributed by atoms with E-state index in [2.05, 4.69) is 34.3 Å². The van der Waals surface area contributed by atoms with Gasteiger partial charge in [-0.05, 0) is 36.8 Å². The van der Waals surface area contributed by atoms with Crippen LogP contribution in [-0.2, 0) is 11.3 Å². The molecule has 0 spiro atoms. The van der Waals surface area contributed by atoms with Gasteiger partial charge < -0.3 is 19.4 Å². The molecule has 0 saturated heterocycles. The minimum absolute atomic E-state index is 0.173. The van der Waals surface area contributed by atoms with Crippen molar-refractivity contribution in [1.29, 1.82) is 0 Å². The average Bonchev–Trinajstić information content (AvgIpc) is 3.12. The van der Waals surface area contributed by atoms with E-state index >= 15 is 0 Å². The minimum atomic E-state index is -0.173. The number of benzene rings is 1. The van der Waals surface area contributed by atoms with Crippen molar-refractivity contribution < 1.29 is 9.53 Å². The summed E-state index contributed by atoms with van der Waals surface area (Å²) in [6.07, 6.45) is 3.61. The zero-order valence-corrected chi connectivity index (χ0v) is 15.2. The highest BCUT2D eigenvalue weighted by atomic mass is 16.5. The molecule has 2 heterocycles. The molecule has 1 aromatic carbocycles. The minimum Gasteiger partial charge on any atom is -0.383 e. The van der Waals surface area contributed by atoms with Crippen molar-refractivity contribution in [1.82, 2.24) is 14.7 Å². The van der Waals surface area contributed by atoms with Crippen LogP contribution < -0.4 is 10.2 Å². The Morgan fingerprint density at radius 1 is 1.23 bits per heavy atom. The van der Waals surface area contributed by atoms with Crippen LogP contribution in [0.25, 0.3) is 5.65 Å². The molecule has 0 aliphatic heterocycles. The smallest absolute Gasteiger partial charge is 0.271 e. The number of nitrogens with zero attached hydrogens (tertiary/aromatic N) is 3. The highest BCUT2D eigenvalue weighted by molar-refractivity contribution is 5.92. The lowest BCUT2D eigenvalue weighted by Gasteiger charge is -2.22. The summed E-state index contributed by atoms with van der Waals surface area (Å²) in [5.74, 6) is -0.173. The van der Waals surface area contributed by atoms with Crippen LogP contribution in [0.1, 0.15) is 23.0 Å². The predicted molar refractivity (Wildman–Crippen MR) is 103 cm³/mol. The molecular formula is C20H24N4O2. The number of methoxy groups -OCH3 is 1. The van der Waals surface area contributed by atoms with Gasteiger partial charge in [0.25, 0.3) is 5.91 Å². The largest absolute Gasteiger partial charge is 0.383 e. The first-order valence-corrected chi connectivity index (χ1v) is 8.76. The number of hydrogen-bond acceptors (Lipinski definition) is 4. The van der Waals surface area contributed by atoms with Crippen molar-refractivity contribution in [2.75, 3.05) is 31.7 Å². The molecule has 136 valence electrons. The Labute approximate surface area is 153 Å². The Kier molecular flexibility index (Phi) is 5.86. The summed E-state index contributed by atoms with van der Waals surface area (Å²) in [7, 11) is 1.71. The van der Waals surface area contributed by atoms with Gasteiger partial charge in [-0.15, -0.1) is 0 Å². The van der Waals surface area contributed by atoms with Crippen LogP contribution >= 0.6 is 0 Å². The van der Waals surface area contributed by atoms with Crippen molar-refractivity contribution in [3.63, 3.8) is 0 Å². The lowest BCUT2D eigenvalue weighted by atomic mass is 10.2. The lowest BCUT2D eigenvalue weighted by Crippen LogP contribution is -2.27. The average molecular weight is 352 g/mol. The van der Waals surface area contributed by atoms with Crippen molar-refractivity contribution >= 4 is 17.2 Å². The van der Waals surface area contributed by atoms with Crippen LogP contribution in [0.15, 0.2) is 54.9 Å². The number of rotatable bonds is 8. The third-order valence-corrected chi connectivity index (χ3v) is 4.30. The summed E-state index contributed by atoms with van der Waals surface area (Å²) >= 11 is 0. The van der Waals surface area contributed by atoms with Gasteiger partial charge >= 0.3 is 0 Å². The molecule has 26 heavy (non-hydrogen) atoms. The standard InChI is InChI=1S/C20H24N4O2/c1-3-23(12-13-26-2)17-9-7-16(8-10-17)14-21-20(25)18-15-24-11-5-4-6-19(24)22-18/h4-11,15H,3,12-14H2,1-2H3,(H,21,25). The highest BCUT2D eigenvalue weighted by Gasteiger charge is 2.10. The zero-order chi connectivity index (χ0) is 18.4. The summed E-state index contributed by atoms with van der Waals surface area (Å²) in [6.45, 7) is 5.07. The molecule has 2 aromatic heterocycles. The summed E-state index contributed by atoms with van der Waals surface area (Å²) in [5.41, 5.74) is 3.39. The number of hydrogen-bond donors (Lipinski definition) is 1. The molecule has 3 rings (SSSR count). The van der Waals surface area contributed by atoms with Gasteiger partial charge in [-0.1, -0.05) is 18.2 Å². The number of fused-ring (bicyclic) bond motifs is 1. The number of carbonyl (C=O) groups is 1. The predicted octanol–water partition coefficient (Wildman–Crippen LogP) is 2.74. The summed E-state index contributed by atoms with van der Waals surface area (Å²) in [6, 6.07) is 13.9. The summed E-state index contributed by atoms with van der Waals surface area (Å²) in [5, 5.41) is 2.92. The molecule has 0 aliphatic rings. The number of pyridine rings is 1. The van der Waals surface area contributed by atoms with E-state index in [1.54, 1.807) is 13.3 Å². The normalized spacial score (nSPS) is 10.8. The number of imidazole rings is 1. The fourth-order valence-corrected chi connectivity index (χ4v) is 2.81. The van der Waals surface area contributed by atoms with Crippen LogP contribution in [0.3, 0.4) is 0 Å². The number of aromatic nitrogens is 2. The summed E-state index contributed by atoms with van der Waals surface area (Å²) in [4.78, 5) is 18.9. The molecule has 0 atom stereocenters. The number of anilines is 1. The van der Waals surface area contributed by atoms with Gasteiger partial charge in [0.2, 0.25) is 0 Å². The maximum Gasteiger partial charge on any atom is 0.271 e. The molecule has 0 fully saturated rings. The van der Waals surface area contributed by atoms with E-state index < -0.39 is 0 Å². The third-order valence-electron chi connectivity index (χ3n) is 4.30. The number of amides is 1. The SMILES string of the molecule is CCN(CCOC)c1ccc(CNC(=O)c2cn3ccccc3n2)cc1. The van der Waals surface area contributed by atoms with Crippen LogP contribution in [-0.4, -0.2) is 42.1 Å². The van der Waals surface area contributed by atoms with Crippen molar-refractivity contribution in [3.05, 3.63) is 66.1 Å². The zero-order valence-electron chi connectivity index (χ0n) is 15.2. The third kappa shape index (κ3) is 4.21. The molecule has 6 nitrogen and oxygen atoms in total. The molecular weight excluding hydrogens is 328 g/mol. The number of ether oxygens (including phenoxy) is 1. The topological polar surface area (TPSA) is 58.9 Å². The second-order valence-electron chi connectivity index (χ2n) is 6.01. The van der Waals surface area contributed by atoms with E-state index in [-0.39, 0.29) is 5.91 Å². The first-order valence-electron chi connectivity index (χ1n) is 8.76. The van der Waals surface area contributed by atoms with Gasteiger partial charge in [0, 0.05) is 44.8 Å². The van der Waals surface area contributed by atoms with Gasteiger partial charge in [-0.25, -0.2) is 4.98 Å². The summed E-state index contributed by atoms with van der Waals surface area (Å²) < 4.78 is 6.99. The van der Waals surface area contributed by atoms with Gasteiger partial charge in [-0.3, -0.25) is 4.79 Å². The van der Waals surface area contributed by atoms with Gasteiger partial charge in [0.1, 0.15) is 11.3 Å². The van der Waals surface area contributed by atoms with Crippen molar-refractivity contribution in [2.45, 2.75) is 13.5 Å². The van der Waals surface area contributed by atoms with E-state index in [4.69, 9.17) is 4.74 Å². The number of carbonyl (C=O) groups excluding carboxylic acids is 1. The van der Waals surface area contributed by atoms with E-state index in [1.165, 1.54) is 0 Å². The first-order chi connectivity index (χ1) is 12.7. The Morgan fingerprint density at radius 2 is 2.04 bits per heavy atom. The van der Waals surface area contributed by atoms with E-state index in [0.717, 1.165) is 30.0 Å². The van der Waals surface area contributed by atoms with Gasteiger partial charge in [0.05, 0.1) is 6.61 Å². The Morgan fingerprint density at radius 3 is 2.73 bits per heavy atom. The maximum absolute atomic E-state index is 12.3. The molecule has 0 unspecified atom stereocenters. The van der Waals surface area contributed by atoms with E-state index in [1.807, 2.05) is 40.9 Å². The fourth-order valence-electron chi connectivity index (χ4n) is 2.81. The first kappa shape index (κ1) is 17.9.